The van der Waals surface area contributed by atoms with Crippen molar-refractivity contribution in [3.63, 3.8) is 0 Å². The van der Waals surface area contributed by atoms with Crippen molar-refractivity contribution in [3.8, 4) is 5.75 Å². The van der Waals surface area contributed by atoms with Gasteiger partial charge in [-0.15, -0.1) is 0 Å². The molecule has 1 aliphatic rings. The molecule has 0 saturated carbocycles. The lowest BCUT2D eigenvalue weighted by molar-refractivity contribution is -0.142. The first-order valence-corrected chi connectivity index (χ1v) is 10.0. The Labute approximate surface area is 176 Å². The predicted molar refractivity (Wildman–Crippen MR) is 116 cm³/mol. The molecule has 0 aliphatic carbocycles. The summed E-state index contributed by atoms with van der Waals surface area (Å²) in [5.74, 6) is 0.154. The smallest absolute Gasteiger partial charge is 0.264 e. The zero-order valence-corrected chi connectivity index (χ0v) is 17.0. The highest BCUT2D eigenvalue weighted by Crippen LogP contribution is 2.36. The van der Waals surface area contributed by atoms with E-state index in [4.69, 9.17) is 4.74 Å². The molecule has 0 saturated heterocycles. The molecule has 152 valence electrons. The fraction of sp³-hybridized carbons (Fsp3) is 0.200. The van der Waals surface area contributed by atoms with E-state index in [9.17, 15) is 9.59 Å². The number of rotatable bonds is 4. The Morgan fingerprint density at radius 1 is 1.03 bits per heavy atom. The van der Waals surface area contributed by atoms with E-state index in [-0.39, 0.29) is 18.4 Å². The van der Waals surface area contributed by atoms with Crippen LogP contribution in [0, 0.1) is 6.92 Å². The van der Waals surface area contributed by atoms with Gasteiger partial charge in [0.2, 0.25) is 5.91 Å². The molecule has 1 aliphatic heterocycles. The van der Waals surface area contributed by atoms with Crippen LogP contribution in [0.25, 0.3) is 0 Å². The molecule has 0 fully saturated rings. The van der Waals surface area contributed by atoms with Gasteiger partial charge in [0.25, 0.3) is 5.91 Å². The number of fused-ring (bicyclic) bond motifs is 1. The van der Waals surface area contributed by atoms with Crippen LogP contribution in [0.1, 0.15) is 29.7 Å². The van der Waals surface area contributed by atoms with Crippen LogP contribution in [0.5, 0.6) is 5.75 Å². The molecule has 1 N–H and O–H groups in total. The van der Waals surface area contributed by atoms with Crippen molar-refractivity contribution in [2.45, 2.75) is 26.0 Å². The summed E-state index contributed by atoms with van der Waals surface area (Å²) in [6.07, 6.45) is -0.738. The van der Waals surface area contributed by atoms with E-state index in [0.29, 0.717) is 5.75 Å². The van der Waals surface area contributed by atoms with Gasteiger partial charge < -0.3 is 15.0 Å². The van der Waals surface area contributed by atoms with Crippen LogP contribution < -0.4 is 10.1 Å². The lowest BCUT2D eigenvalue weighted by Crippen LogP contribution is -2.45. The Morgan fingerprint density at radius 2 is 1.70 bits per heavy atom. The van der Waals surface area contributed by atoms with Gasteiger partial charge in [0, 0.05) is 11.3 Å². The van der Waals surface area contributed by atoms with Gasteiger partial charge in [-0.05, 0) is 37.6 Å². The number of nitrogens with one attached hydrogen (secondary N) is 1. The number of hydrogen-bond acceptors (Lipinski definition) is 3. The normalized spacial score (nSPS) is 16.8. The Bertz CT molecular complexity index is 1050. The van der Waals surface area contributed by atoms with E-state index < -0.39 is 12.1 Å². The van der Waals surface area contributed by atoms with E-state index in [1.807, 2.05) is 85.8 Å². The predicted octanol–water partition coefficient (Wildman–Crippen LogP) is 4.33. The summed E-state index contributed by atoms with van der Waals surface area (Å²) in [6, 6.07) is 24.5. The fourth-order valence-corrected chi connectivity index (χ4v) is 3.81. The van der Waals surface area contributed by atoms with Crippen LogP contribution in [0.4, 0.5) is 5.69 Å². The largest absolute Gasteiger partial charge is 0.481 e. The van der Waals surface area contributed by atoms with Gasteiger partial charge in [-0.25, -0.2) is 0 Å². The lowest BCUT2D eigenvalue weighted by Gasteiger charge is -2.32. The van der Waals surface area contributed by atoms with Crippen LogP contribution in [0.3, 0.4) is 0 Å². The van der Waals surface area contributed by atoms with E-state index in [2.05, 4.69) is 5.32 Å². The van der Waals surface area contributed by atoms with Crippen LogP contribution >= 0.6 is 0 Å². The zero-order valence-electron chi connectivity index (χ0n) is 17.0. The van der Waals surface area contributed by atoms with E-state index in [1.165, 1.54) is 0 Å². The standard InChI is InChI=1S/C25H24N2O3/c1-17-13-14-22-21(15-17)24(19-9-5-3-6-10-19)27(16-23(28)26-22)25(29)18(2)30-20-11-7-4-8-12-20/h3-15,18,24H,16H2,1-2H3,(H,26,28)/t18-,24+/m0/s1. The summed E-state index contributed by atoms with van der Waals surface area (Å²) < 4.78 is 5.88. The number of carbonyl (C=O) groups excluding carboxylic acids is 2. The molecule has 0 aromatic heterocycles. The number of hydrogen-bond donors (Lipinski definition) is 1. The highest BCUT2D eigenvalue weighted by molar-refractivity contribution is 5.97. The average Bonchev–Trinajstić information content (AvgIpc) is 2.90. The van der Waals surface area contributed by atoms with Crippen molar-refractivity contribution in [1.82, 2.24) is 4.90 Å². The Hall–Kier alpha value is -3.60. The number of nitrogens with zero attached hydrogens (tertiary/aromatic N) is 1. The van der Waals surface area contributed by atoms with Crippen molar-refractivity contribution < 1.29 is 14.3 Å². The third kappa shape index (κ3) is 4.06. The van der Waals surface area contributed by atoms with Gasteiger partial charge in [0.15, 0.2) is 6.10 Å². The first-order chi connectivity index (χ1) is 14.5. The van der Waals surface area contributed by atoms with Crippen molar-refractivity contribution in [2.24, 2.45) is 0 Å². The molecule has 2 amide bonds. The summed E-state index contributed by atoms with van der Waals surface area (Å²) in [6.45, 7) is 3.67. The molecule has 2 atom stereocenters. The molecular weight excluding hydrogens is 376 g/mol. The minimum atomic E-state index is -0.738. The summed E-state index contributed by atoms with van der Waals surface area (Å²) in [7, 11) is 0. The molecule has 4 rings (SSSR count). The van der Waals surface area contributed by atoms with Crippen molar-refractivity contribution in [3.05, 3.63) is 95.6 Å². The third-order valence-corrected chi connectivity index (χ3v) is 5.20. The van der Waals surface area contributed by atoms with Crippen LogP contribution in [-0.4, -0.2) is 29.4 Å². The zero-order chi connectivity index (χ0) is 21.1. The number of anilines is 1. The molecule has 0 bridgehead atoms. The maximum absolute atomic E-state index is 13.5. The molecule has 0 unspecified atom stereocenters. The molecule has 3 aromatic carbocycles. The molecule has 3 aromatic rings. The fourth-order valence-electron chi connectivity index (χ4n) is 3.81. The number of benzene rings is 3. The first kappa shape index (κ1) is 19.7. The van der Waals surface area contributed by atoms with E-state index in [0.717, 1.165) is 22.4 Å². The summed E-state index contributed by atoms with van der Waals surface area (Å²) >= 11 is 0. The van der Waals surface area contributed by atoms with Gasteiger partial charge in [0.05, 0.1) is 6.04 Å². The quantitative estimate of drug-likeness (QED) is 0.709. The summed E-state index contributed by atoms with van der Waals surface area (Å²) in [5, 5.41) is 2.95. The van der Waals surface area contributed by atoms with Crippen molar-refractivity contribution in [2.75, 3.05) is 11.9 Å². The second-order valence-electron chi connectivity index (χ2n) is 7.49. The Balaban J connectivity index is 1.75. The second-order valence-corrected chi connectivity index (χ2v) is 7.49. The Morgan fingerprint density at radius 3 is 2.40 bits per heavy atom. The number of para-hydroxylation sites is 1. The minimum Gasteiger partial charge on any atom is -0.481 e. The van der Waals surface area contributed by atoms with Crippen molar-refractivity contribution >= 4 is 17.5 Å². The van der Waals surface area contributed by atoms with E-state index in [1.54, 1.807) is 11.8 Å². The molecule has 1 heterocycles. The van der Waals surface area contributed by atoms with Crippen LogP contribution in [0.2, 0.25) is 0 Å². The molecule has 5 heteroatoms. The van der Waals surface area contributed by atoms with Gasteiger partial charge in [-0.1, -0.05) is 66.2 Å². The van der Waals surface area contributed by atoms with E-state index >= 15 is 0 Å². The van der Waals surface area contributed by atoms with Gasteiger partial charge >= 0.3 is 0 Å². The van der Waals surface area contributed by atoms with Crippen LogP contribution in [-0.2, 0) is 9.59 Å². The number of aryl methyl sites for hydroxylation is 1. The molecule has 0 radical (unpaired) electrons. The summed E-state index contributed by atoms with van der Waals surface area (Å²) in [5.41, 5.74) is 3.63. The Kier molecular flexibility index (Phi) is 5.53. The highest BCUT2D eigenvalue weighted by Gasteiger charge is 2.36. The maximum atomic E-state index is 13.5. The first-order valence-electron chi connectivity index (χ1n) is 10.0. The topological polar surface area (TPSA) is 58.6 Å². The SMILES string of the molecule is Cc1ccc2c(c1)[C@@H](c1ccccc1)N(C(=O)[C@H](C)Oc1ccccc1)CC(=O)N2. The van der Waals surface area contributed by atoms with Gasteiger partial charge in [-0.3, -0.25) is 9.59 Å². The minimum absolute atomic E-state index is 0.0470. The molecule has 5 nitrogen and oxygen atoms in total. The van der Waals surface area contributed by atoms with Crippen LogP contribution in [0.15, 0.2) is 78.9 Å². The third-order valence-electron chi connectivity index (χ3n) is 5.20. The van der Waals surface area contributed by atoms with Gasteiger partial charge in [0.1, 0.15) is 12.3 Å². The van der Waals surface area contributed by atoms with Gasteiger partial charge in [-0.2, -0.15) is 0 Å². The highest BCUT2D eigenvalue weighted by atomic mass is 16.5. The molecule has 30 heavy (non-hydrogen) atoms. The molecule has 0 spiro atoms. The van der Waals surface area contributed by atoms with Crippen molar-refractivity contribution in [1.29, 1.82) is 0 Å². The number of ether oxygens (including phenoxy) is 1. The maximum Gasteiger partial charge on any atom is 0.264 e. The second kappa shape index (κ2) is 8.41. The number of carbonyl (C=O) groups is 2. The monoisotopic (exact) mass is 400 g/mol. The summed E-state index contributed by atoms with van der Waals surface area (Å²) in [4.78, 5) is 27.8. The number of amides is 2. The lowest BCUT2D eigenvalue weighted by atomic mass is 9.94. The molecular formula is C25H24N2O3. The average molecular weight is 400 g/mol.